The fraction of sp³-hybridized carbons (Fsp3) is 0.857. The van der Waals surface area contributed by atoms with Crippen LogP contribution in [0.3, 0.4) is 0 Å². The summed E-state index contributed by atoms with van der Waals surface area (Å²) < 4.78 is 23.6. The largest absolute Gasteiger partial charge is 0.300 e. The summed E-state index contributed by atoms with van der Waals surface area (Å²) in [5, 5.41) is 0. The highest BCUT2D eigenvalue weighted by Gasteiger charge is 2.21. The Balaban J connectivity index is 2.47. The highest BCUT2D eigenvalue weighted by atomic mass is 32.2. The normalized spacial score (nSPS) is 22.8. The van der Waals surface area contributed by atoms with Crippen molar-refractivity contribution in [1.29, 1.82) is 0 Å². The van der Waals surface area contributed by atoms with Gasteiger partial charge in [-0.25, -0.2) is 8.42 Å². The lowest BCUT2D eigenvalue weighted by Gasteiger charge is -2.32. The van der Waals surface area contributed by atoms with Gasteiger partial charge >= 0.3 is 0 Å². The first-order chi connectivity index (χ1) is 5.54. The Kier molecular flexibility index (Phi) is 3.09. The molecule has 2 radical (unpaired) electrons. The van der Waals surface area contributed by atoms with Gasteiger partial charge in [0.25, 0.3) is 0 Å². The Morgan fingerprint density at radius 2 is 1.75 bits per heavy atom. The Labute approximate surface area is 74.2 Å². The molecule has 12 heavy (non-hydrogen) atoms. The standard InChI is InChI=1S/C7H14N2O2S/c1-3-8-4-6-9(7-5-8)12(2,10)11/h1H,3-7H2,2H3. The molecule has 1 saturated heterocycles. The van der Waals surface area contributed by atoms with Crippen molar-refractivity contribution < 1.29 is 8.42 Å². The van der Waals surface area contributed by atoms with Crippen molar-refractivity contribution in [3.05, 3.63) is 6.92 Å². The predicted molar refractivity (Wildman–Crippen MR) is 47.2 cm³/mol. The topological polar surface area (TPSA) is 40.6 Å². The van der Waals surface area contributed by atoms with Crippen molar-refractivity contribution in [2.75, 3.05) is 39.0 Å². The van der Waals surface area contributed by atoms with E-state index in [1.807, 2.05) is 4.90 Å². The second-order valence-corrected chi connectivity index (χ2v) is 4.95. The Hall–Kier alpha value is -0.130. The van der Waals surface area contributed by atoms with E-state index in [1.165, 1.54) is 10.6 Å². The van der Waals surface area contributed by atoms with Crippen molar-refractivity contribution in [3.8, 4) is 0 Å². The minimum atomic E-state index is -2.99. The molecule has 1 aliphatic heterocycles. The van der Waals surface area contributed by atoms with Crippen molar-refractivity contribution in [2.45, 2.75) is 0 Å². The Morgan fingerprint density at radius 1 is 1.25 bits per heavy atom. The Morgan fingerprint density at radius 3 is 2.08 bits per heavy atom. The number of piperazine rings is 1. The molecule has 1 rings (SSSR count). The third-order valence-corrected chi connectivity index (χ3v) is 3.36. The van der Waals surface area contributed by atoms with Crippen LogP contribution in [0.5, 0.6) is 0 Å². The van der Waals surface area contributed by atoms with Gasteiger partial charge in [-0.05, 0) is 6.92 Å². The van der Waals surface area contributed by atoms with Gasteiger partial charge in [-0.15, -0.1) is 0 Å². The predicted octanol–water partition coefficient (Wildman–Crippen LogP) is -0.725. The number of sulfonamides is 1. The maximum atomic E-state index is 11.1. The van der Waals surface area contributed by atoms with Gasteiger partial charge in [0.2, 0.25) is 10.0 Å². The summed E-state index contributed by atoms with van der Waals surface area (Å²) in [5.41, 5.74) is 0. The van der Waals surface area contributed by atoms with Crippen LogP contribution in [-0.4, -0.2) is 56.6 Å². The van der Waals surface area contributed by atoms with E-state index in [4.69, 9.17) is 6.92 Å². The van der Waals surface area contributed by atoms with Gasteiger partial charge < -0.3 is 4.90 Å². The van der Waals surface area contributed by atoms with Crippen LogP contribution < -0.4 is 0 Å². The van der Waals surface area contributed by atoms with Gasteiger partial charge in [0.1, 0.15) is 0 Å². The zero-order valence-electron chi connectivity index (χ0n) is 7.23. The van der Waals surface area contributed by atoms with E-state index >= 15 is 0 Å². The van der Waals surface area contributed by atoms with Gasteiger partial charge in [-0.1, -0.05) is 0 Å². The average molecular weight is 190 g/mol. The van der Waals surface area contributed by atoms with Gasteiger partial charge in [0.15, 0.2) is 0 Å². The summed E-state index contributed by atoms with van der Waals surface area (Å²) >= 11 is 0. The zero-order chi connectivity index (χ0) is 9.19. The smallest absolute Gasteiger partial charge is 0.211 e. The number of nitrogens with zero attached hydrogens (tertiary/aromatic N) is 2. The van der Waals surface area contributed by atoms with E-state index < -0.39 is 10.0 Å². The van der Waals surface area contributed by atoms with E-state index in [2.05, 4.69) is 0 Å². The van der Waals surface area contributed by atoms with E-state index in [1.54, 1.807) is 0 Å². The zero-order valence-corrected chi connectivity index (χ0v) is 8.05. The van der Waals surface area contributed by atoms with Crippen LogP contribution in [0.1, 0.15) is 0 Å². The third-order valence-electron chi connectivity index (χ3n) is 2.06. The quantitative estimate of drug-likeness (QED) is 0.576. The molecular formula is C7H14N2O2S. The molecule has 0 bridgehead atoms. The van der Waals surface area contributed by atoms with Gasteiger partial charge in [-0.2, -0.15) is 4.31 Å². The third kappa shape index (κ3) is 2.43. The molecule has 5 heteroatoms. The highest BCUT2D eigenvalue weighted by molar-refractivity contribution is 7.88. The van der Waals surface area contributed by atoms with E-state index in [0.717, 1.165) is 13.1 Å². The monoisotopic (exact) mass is 190 g/mol. The summed E-state index contributed by atoms with van der Waals surface area (Å²) in [6.07, 6.45) is 1.24. The molecule has 0 N–H and O–H groups in total. The second kappa shape index (κ2) is 3.72. The molecular weight excluding hydrogens is 176 g/mol. The van der Waals surface area contributed by atoms with Crippen LogP contribution in [0.15, 0.2) is 0 Å². The summed E-state index contributed by atoms with van der Waals surface area (Å²) in [7, 11) is -2.99. The molecule has 0 unspecified atom stereocenters. The van der Waals surface area contributed by atoms with E-state index in [9.17, 15) is 8.42 Å². The van der Waals surface area contributed by atoms with Crippen molar-refractivity contribution in [3.63, 3.8) is 0 Å². The fourth-order valence-corrected chi connectivity index (χ4v) is 2.07. The lowest BCUT2D eigenvalue weighted by Crippen LogP contribution is -2.48. The molecule has 0 aromatic heterocycles. The minimum absolute atomic E-state index is 0.512. The van der Waals surface area contributed by atoms with Crippen LogP contribution in [0.2, 0.25) is 0 Å². The summed E-state index contributed by atoms with van der Waals surface area (Å²) in [6.45, 7) is 8.54. The lowest BCUT2D eigenvalue weighted by atomic mass is 10.4. The first-order valence-corrected chi connectivity index (χ1v) is 5.76. The first kappa shape index (κ1) is 9.95. The van der Waals surface area contributed by atoms with Crippen molar-refractivity contribution in [1.82, 2.24) is 9.21 Å². The van der Waals surface area contributed by atoms with Crippen LogP contribution in [0, 0.1) is 6.92 Å². The fourth-order valence-electron chi connectivity index (χ4n) is 1.24. The summed E-state index contributed by atoms with van der Waals surface area (Å²) in [5.74, 6) is 0. The molecule has 0 aliphatic carbocycles. The Bertz CT molecular complexity index is 230. The maximum Gasteiger partial charge on any atom is 0.211 e. The molecule has 70 valence electrons. The van der Waals surface area contributed by atoms with Crippen LogP contribution in [0.25, 0.3) is 0 Å². The number of hydrogen-bond acceptors (Lipinski definition) is 3. The summed E-state index contributed by atoms with van der Waals surface area (Å²) in [6, 6.07) is 0. The van der Waals surface area contributed by atoms with Crippen LogP contribution in [-0.2, 0) is 10.0 Å². The SMILES string of the molecule is [CH]CN1CCN(S(C)(=O)=O)CC1. The molecule has 0 aromatic rings. The second-order valence-electron chi connectivity index (χ2n) is 2.96. The van der Waals surface area contributed by atoms with Crippen LogP contribution in [0.4, 0.5) is 0 Å². The number of rotatable bonds is 2. The molecule has 0 spiro atoms. The molecule has 0 amide bonds. The molecule has 4 nitrogen and oxygen atoms in total. The molecule has 0 atom stereocenters. The molecule has 1 heterocycles. The number of hydrogen-bond donors (Lipinski definition) is 0. The van der Waals surface area contributed by atoms with Gasteiger partial charge in [-0.3, -0.25) is 0 Å². The maximum absolute atomic E-state index is 11.1. The highest BCUT2D eigenvalue weighted by Crippen LogP contribution is 2.04. The first-order valence-electron chi connectivity index (χ1n) is 3.91. The van der Waals surface area contributed by atoms with Crippen molar-refractivity contribution in [2.24, 2.45) is 0 Å². The van der Waals surface area contributed by atoms with Crippen molar-refractivity contribution >= 4 is 10.0 Å². The van der Waals surface area contributed by atoms with Gasteiger partial charge in [0, 0.05) is 32.7 Å². The molecule has 1 aliphatic rings. The average Bonchev–Trinajstić information content (AvgIpc) is 2.03. The van der Waals surface area contributed by atoms with Crippen LogP contribution >= 0.6 is 0 Å². The lowest BCUT2D eigenvalue weighted by molar-refractivity contribution is 0.204. The minimum Gasteiger partial charge on any atom is -0.300 e. The van der Waals surface area contributed by atoms with E-state index in [0.29, 0.717) is 19.6 Å². The molecule has 0 aromatic carbocycles. The summed E-state index contributed by atoms with van der Waals surface area (Å²) in [4.78, 5) is 2.03. The van der Waals surface area contributed by atoms with Gasteiger partial charge in [0.05, 0.1) is 6.26 Å². The molecule has 1 fully saturated rings. The molecule has 0 saturated carbocycles. The van der Waals surface area contributed by atoms with E-state index in [-0.39, 0.29) is 0 Å².